The minimum absolute atomic E-state index is 0. The van der Waals surface area contributed by atoms with Gasteiger partial charge in [0.1, 0.15) is 0 Å². The quantitative estimate of drug-likeness (QED) is 0.189. The maximum absolute atomic E-state index is 4.95. The Hall–Kier alpha value is -4.49. The molecule has 4 aromatic carbocycles. The molecule has 3 aromatic heterocycles. The molecule has 0 atom stereocenters. The molecule has 0 unspecified atom stereocenters. The Kier molecular flexibility index (Phi) is 5.51. The fraction of sp³-hybridized carbons (Fsp3) is 0. The van der Waals surface area contributed by atoms with Crippen LogP contribution in [0.5, 0.6) is 0 Å². The van der Waals surface area contributed by atoms with Crippen LogP contribution in [0.2, 0.25) is 0 Å². The molecule has 41 heavy (non-hydrogen) atoms. The van der Waals surface area contributed by atoms with Gasteiger partial charge in [0.25, 0.3) is 0 Å². The van der Waals surface area contributed by atoms with Crippen molar-refractivity contribution in [2.75, 3.05) is 0 Å². The summed E-state index contributed by atoms with van der Waals surface area (Å²) in [6.07, 6.45) is 0. The second-order valence-electron chi connectivity index (χ2n) is 9.67. The molecule has 0 saturated carbocycles. The largest absolute Gasteiger partial charge is 3.00 e. The summed E-state index contributed by atoms with van der Waals surface area (Å²) in [6, 6.07) is 31.8. The molecule has 0 spiro atoms. The van der Waals surface area contributed by atoms with Gasteiger partial charge in [0.15, 0.2) is 0 Å². The monoisotopic (exact) mass is 676 g/mol. The first-order chi connectivity index (χ1) is 19.8. The SMILES string of the molecule is [Dy+3].c1ccc2c(c1)-c1nc-2nc2[n-]c(nc3nc(nc4[n-]c(n1)c1ccccc41)-c1ccccc1-3)c1ccccc21. The van der Waals surface area contributed by atoms with Crippen LogP contribution < -0.4 is 9.97 Å². The van der Waals surface area contributed by atoms with E-state index < -0.39 is 0 Å². The van der Waals surface area contributed by atoms with Gasteiger partial charge in [-0.15, -0.1) is 0 Å². The molecule has 2 aliphatic rings. The van der Waals surface area contributed by atoms with Gasteiger partial charge in [-0.2, -0.15) is 0 Å². The Morgan fingerprint density at radius 2 is 0.561 bits per heavy atom. The molecule has 7 aromatic rings. The van der Waals surface area contributed by atoms with Crippen molar-refractivity contribution in [1.29, 1.82) is 0 Å². The second-order valence-corrected chi connectivity index (χ2v) is 9.67. The second kappa shape index (κ2) is 9.28. The maximum Gasteiger partial charge on any atom is 3.00 e. The van der Waals surface area contributed by atoms with E-state index in [0.29, 0.717) is 45.9 Å². The van der Waals surface area contributed by atoms with E-state index in [-0.39, 0.29) is 38.2 Å². The predicted molar refractivity (Wildman–Crippen MR) is 154 cm³/mol. The summed E-state index contributed by atoms with van der Waals surface area (Å²) in [5.41, 5.74) is 5.78. The van der Waals surface area contributed by atoms with Crippen LogP contribution in [-0.4, -0.2) is 29.9 Å². The first-order valence-corrected chi connectivity index (χ1v) is 12.9. The molecule has 0 N–H and O–H groups in total. The molecule has 8 bridgehead atoms. The first-order valence-electron chi connectivity index (χ1n) is 12.9. The standard InChI is InChI=1S/C32H16N8.Dy/c1-2-10-18-17(9-1)25-33-26(18)38-28-21-13-5-6-14-22(21)30(35-28)40-32-24-16-8-7-15-23(24)31(36-32)39-29-20-12-4-3-11-19(20)27(34-29)37-25;/h1-16H;/q-2;+3. The number of hydrogen-bond donors (Lipinski definition) is 0. The van der Waals surface area contributed by atoms with Gasteiger partial charge in [0.05, 0.1) is 23.3 Å². The zero-order valence-corrected chi connectivity index (χ0v) is 23.2. The van der Waals surface area contributed by atoms with Gasteiger partial charge in [-0.1, -0.05) is 97.1 Å². The van der Waals surface area contributed by atoms with Crippen LogP contribution in [0.1, 0.15) is 0 Å². The number of rotatable bonds is 0. The van der Waals surface area contributed by atoms with Gasteiger partial charge in [0, 0.05) is 44.8 Å². The number of hydrogen-bond acceptors (Lipinski definition) is 6. The minimum Gasteiger partial charge on any atom is -0.357 e. The number of benzene rings is 4. The first kappa shape index (κ1) is 24.3. The minimum atomic E-state index is 0. The molecule has 1 radical (unpaired) electrons. The van der Waals surface area contributed by atoms with Gasteiger partial charge in [-0.05, 0) is 21.5 Å². The fourth-order valence-corrected chi connectivity index (χ4v) is 5.46. The Morgan fingerprint density at radius 1 is 0.317 bits per heavy atom. The zero-order chi connectivity index (χ0) is 26.2. The van der Waals surface area contributed by atoms with Crippen molar-refractivity contribution >= 4 is 44.1 Å². The summed E-state index contributed by atoms with van der Waals surface area (Å²) in [7, 11) is 0. The molecule has 193 valence electrons. The molecule has 9 heteroatoms. The summed E-state index contributed by atoms with van der Waals surface area (Å²) < 4.78 is 0. The average Bonchev–Trinajstić information content (AvgIpc) is 3.73. The van der Waals surface area contributed by atoms with E-state index in [9.17, 15) is 0 Å². The molecule has 0 aliphatic carbocycles. The Morgan fingerprint density at radius 3 is 0.829 bits per heavy atom. The molecule has 9 rings (SSSR count). The van der Waals surface area contributed by atoms with E-state index in [1.54, 1.807) is 0 Å². The smallest absolute Gasteiger partial charge is 0.357 e. The van der Waals surface area contributed by atoms with Crippen molar-refractivity contribution < 1.29 is 38.2 Å². The van der Waals surface area contributed by atoms with Crippen LogP contribution in [0, 0.1) is 38.2 Å². The fourth-order valence-electron chi connectivity index (χ4n) is 5.46. The van der Waals surface area contributed by atoms with E-state index in [1.807, 2.05) is 97.1 Å². The van der Waals surface area contributed by atoms with Crippen LogP contribution in [-0.2, 0) is 0 Å². The van der Waals surface area contributed by atoms with Crippen molar-refractivity contribution in [3.8, 4) is 45.6 Å². The molecule has 5 heterocycles. The number of aromatic nitrogens is 8. The summed E-state index contributed by atoms with van der Waals surface area (Å²) >= 11 is 0. The van der Waals surface area contributed by atoms with Gasteiger partial charge in [-0.25, -0.2) is 9.97 Å². The van der Waals surface area contributed by atoms with Crippen LogP contribution in [0.3, 0.4) is 0 Å². The van der Waals surface area contributed by atoms with E-state index in [1.165, 1.54) is 0 Å². The molecular weight excluding hydrogens is 659 g/mol. The van der Waals surface area contributed by atoms with Crippen molar-refractivity contribution in [2.45, 2.75) is 0 Å². The zero-order valence-electron chi connectivity index (χ0n) is 21.1. The molecule has 8 nitrogen and oxygen atoms in total. The topological polar surface area (TPSA) is 106 Å². The summed E-state index contributed by atoms with van der Waals surface area (Å²) in [4.78, 5) is 39.3. The Bertz CT molecular complexity index is 2030. The van der Waals surface area contributed by atoms with Crippen molar-refractivity contribution in [3.63, 3.8) is 0 Å². The molecule has 0 saturated heterocycles. The van der Waals surface area contributed by atoms with E-state index in [0.717, 1.165) is 43.8 Å². The van der Waals surface area contributed by atoms with E-state index >= 15 is 0 Å². The van der Waals surface area contributed by atoms with Crippen LogP contribution in [0.4, 0.5) is 0 Å². The molecule has 0 amide bonds. The van der Waals surface area contributed by atoms with Crippen molar-refractivity contribution in [2.24, 2.45) is 0 Å². The van der Waals surface area contributed by atoms with E-state index in [2.05, 4.69) is 0 Å². The third-order valence-electron chi connectivity index (χ3n) is 7.33. The van der Waals surface area contributed by atoms with Crippen LogP contribution in [0.25, 0.3) is 89.7 Å². The molecule has 2 aliphatic heterocycles. The maximum atomic E-state index is 4.95. The van der Waals surface area contributed by atoms with Crippen molar-refractivity contribution in [3.05, 3.63) is 97.1 Å². The van der Waals surface area contributed by atoms with Crippen molar-refractivity contribution in [1.82, 2.24) is 39.9 Å². The third kappa shape index (κ3) is 3.72. The van der Waals surface area contributed by atoms with Gasteiger partial charge >= 0.3 is 38.2 Å². The van der Waals surface area contributed by atoms with Gasteiger partial charge in [-0.3, -0.25) is 0 Å². The summed E-state index contributed by atoms with van der Waals surface area (Å²) in [5.74, 6) is 2.21. The summed E-state index contributed by atoms with van der Waals surface area (Å²) in [5, 5.41) is 3.57. The van der Waals surface area contributed by atoms with Gasteiger partial charge < -0.3 is 29.9 Å². The average molecular weight is 675 g/mol. The molecule has 0 fully saturated rings. The summed E-state index contributed by atoms with van der Waals surface area (Å²) in [6.45, 7) is 0. The third-order valence-corrected chi connectivity index (χ3v) is 7.33. The number of nitrogens with zero attached hydrogens (tertiary/aromatic N) is 8. The Balaban J connectivity index is 0.00000256. The van der Waals surface area contributed by atoms with Gasteiger partial charge in [0.2, 0.25) is 0 Å². The molecular formula is C32H16DyN8+. The number of fused-ring (bicyclic) bond motifs is 20. The Labute approximate surface area is 263 Å². The normalized spacial score (nSPS) is 11.7. The van der Waals surface area contributed by atoms with Crippen LogP contribution >= 0.6 is 0 Å². The van der Waals surface area contributed by atoms with Crippen LogP contribution in [0.15, 0.2) is 97.1 Å². The predicted octanol–water partition coefficient (Wildman–Crippen LogP) is 6.13. The van der Waals surface area contributed by atoms with E-state index in [4.69, 9.17) is 39.9 Å².